The molecule has 1 aromatic carbocycles. The molecule has 1 N–H and O–H groups in total. The molecule has 3 rings (SSSR count). The fourth-order valence-electron chi connectivity index (χ4n) is 3.19. The topological polar surface area (TPSA) is 120 Å². The van der Waals surface area contributed by atoms with Crippen molar-refractivity contribution in [2.75, 3.05) is 6.61 Å². The highest BCUT2D eigenvalue weighted by molar-refractivity contribution is 5.78. The van der Waals surface area contributed by atoms with Crippen LogP contribution in [0.25, 0.3) is 0 Å². The molecule has 0 saturated heterocycles. The lowest BCUT2D eigenvalue weighted by Gasteiger charge is -2.35. The van der Waals surface area contributed by atoms with E-state index in [1.807, 2.05) is 0 Å². The number of carbonyl (C=O) groups excluding carboxylic acids is 1. The molecule has 1 fully saturated rings. The molecule has 0 spiro atoms. The van der Waals surface area contributed by atoms with Crippen molar-refractivity contribution in [3.63, 3.8) is 0 Å². The Balaban J connectivity index is 1.67. The van der Waals surface area contributed by atoms with Crippen LogP contribution in [-0.2, 0) is 10.3 Å². The second-order valence-corrected chi connectivity index (χ2v) is 6.37. The molecular formula is C17H20N4O5. The van der Waals surface area contributed by atoms with Crippen molar-refractivity contribution in [1.29, 1.82) is 0 Å². The zero-order valence-electron chi connectivity index (χ0n) is 14.4. The number of aryl methyl sites for hydroxylation is 1. The van der Waals surface area contributed by atoms with Crippen LogP contribution in [0, 0.1) is 17.0 Å². The number of ether oxygens (including phenoxy) is 1. The smallest absolute Gasteiger partial charge is 0.273 e. The van der Waals surface area contributed by atoms with Crippen LogP contribution in [0.1, 0.15) is 43.8 Å². The second-order valence-electron chi connectivity index (χ2n) is 6.37. The fraction of sp³-hybridized carbons (Fsp3) is 0.471. The van der Waals surface area contributed by atoms with E-state index < -0.39 is 10.5 Å². The van der Waals surface area contributed by atoms with Crippen LogP contribution in [0.2, 0.25) is 0 Å². The maximum absolute atomic E-state index is 12.4. The van der Waals surface area contributed by atoms with Crippen LogP contribution < -0.4 is 10.1 Å². The minimum Gasteiger partial charge on any atom is -0.484 e. The Kier molecular flexibility index (Phi) is 5.15. The number of nitrogens with one attached hydrogen (secondary N) is 1. The Bertz CT molecular complexity index is 798. The quantitative estimate of drug-likeness (QED) is 0.621. The average Bonchev–Trinajstić information content (AvgIpc) is 3.08. The summed E-state index contributed by atoms with van der Waals surface area (Å²) in [6, 6.07) is 5.73. The van der Waals surface area contributed by atoms with Crippen molar-refractivity contribution in [2.24, 2.45) is 0 Å². The number of benzene rings is 1. The number of non-ortho nitro benzene ring substituents is 1. The minimum atomic E-state index is -0.654. The zero-order valence-corrected chi connectivity index (χ0v) is 14.4. The van der Waals surface area contributed by atoms with Gasteiger partial charge in [0.1, 0.15) is 11.3 Å². The number of nitrogens with zero attached hydrogens (tertiary/aromatic N) is 3. The van der Waals surface area contributed by atoms with Crippen LogP contribution in [0.5, 0.6) is 5.75 Å². The number of nitro benzene ring substituents is 1. The monoisotopic (exact) mass is 360 g/mol. The molecular weight excluding hydrogens is 340 g/mol. The molecule has 1 aliphatic carbocycles. The molecule has 9 nitrogen and oxygen atoms in total. The minimum absolute atomic E-state index is 0.0890. The molecule has 0 atom stereocenters. The summed E-state index contributed by atoms with van der Waals surface area (Å²) < 4.78 is 10.5. The molecule has 1 aliphatic rings. The second kappa shape index (κ2) is 7.51. The van der Waals surface area contributed by atoms with E-state index in [4.69, 9.17) is 9.26 Å². The van der Waals surface area contributed by atoms with Gasteiger partial charge < -0.3 is 14.6 Å². The van der Waals surface area contributed by atoms with Gasteiger partial charge in [0.15, 0.2) is 12.4 Å². The van der Waals surface area contributed by atoms with Crippen molar-refractivity contribution in [2.45, 2.75) is 44.6 Å². The number of hydrogen-bond donors (Lipinski definition) is 1. The summed E-state index contributed by atoms with van der Waals surface area (Å²) in [7, 11) is 0. The van der Waals surface area contributed by atoms with Gasteiger partial charge in [-0.1, -0.05) is 30.5 Å². The summed E-state index contributed by atoms with van der Waals surface area (Å²) in [5.74, 6) is 0.869. The molecule has 26 heavy (non-hydrogen) atoms. The summed E-state index contributed by atoms with van der Waals surface area (Å²) in [6.07, 6.45) is 4.47. The van der Waals surface area contributed by atoms with Crippen LogP contribution in [0.15, 0.2) is 28.8 Å². The molecule has 138 valence electrons. The van der Waals surface area contributed by atoms with Gasteiger partial charge in [0.2, 0.25) is 5.89 Å². The summed E-state index contributed by atoms with van der Waals surface area (Å²) in [4.78, 5) is 27.0. The van der Waals surface area contributed by atoms with E-state index in [9.17, 15) is 14.9 Å². The highest BCUT2D eigenvalue weighted by Crippen LogP contribution is 2.35. The third kappa shape index (κ3) is 3.98. The molecule has 0 unspecified atom stereocenters. The lowest BCUT2D eigenvalue weighted by atomic mass is 9.81. The predicted molar refractivity (Wildman–Crippen MR) is 90.5 cm³/mol. The standard InChI is InChI=1S/C17H20N4O5/c1-12-18-16(20-26-12)17(8-3-2-4-9-17)19-15(22)11-25-14-7-5-6-13(10-14)21(23)24/h5-7,10H,2-4,8-9,11H2,1H3,(H,19,22). The maximum atomic E-state index is 12.4. The fourth-order valence-corrected chi connectivity index (χ4v) is 3.19. The summed E-state index contributed by atoms with van der Waals surface area (Å²) in [6.45, 7) is 1.46. The number of amides is 1. The lowest BCUT2D eigenvalue weighted by molar-refractivity contribution is -0.384. The van der Waals surface area contributed by atoms with Crippen molar-refractivity contribution >= 4 is 11.6 Å². The molecule has 1 aromatic heterocycles. The lowest BCUT2D eigenvalue weighted by Crippen LogP contribution is -2.49. The average molecular weight is 360 g/mol. The van der Waals surface area contributed by atoms with E-state index in [0.717, 1.165) is 32.1 Å². The first-order valence-corrected chi connectivity index (χ1v) is 8.48. The number of rotatable bonds is 6. The summed E-state index contributed by atoms with van der Waals surface area (Å²) >= 11 is 0. The van der Waals surface area contributed by atoms with E-state index >= 15 is 0 Å². The zero-order chi connectivity index (χ0) is 18.6. The van der Waals surface area contributed by atoms with Crippen molar-refractivity contribution in [3.05, 3.63) is 46.1 Å². The van der Waals surface area contributed by atoms with E-state index in [2.05, 4.69) is 15.5 Å². The molecule has 0 bridgehead atoms. The van der Waals surface area contributed by atoms with Gasteiger partial charge in [0.05, 0.1) is 11.0 Å². The molecule has 0 aliphatic heterocycles. The first-order chi connectivity index (χ1) is 12.5. The Labute approximate surface area is 149 Å². The van der Waals surface area contributed by atoms with E-state index in [1.165, 1.54) is 18.2 Å². The number of hydrogen-bond acceptors (Lipinski definition) is 7. The maximum Gasteiger partial charge on any atom is 0.273 e. The Morgan fingerprint density at radius 1 is 1.38 bits per heavy atom. The Morgan fingerprint density at radius 2 is 2.15 bits per heavy atom. The third-order valence-corrected chi connectivity index (χ3v) is 4.44. The van der Waals surface area contributed by atoms with Crippen LogP contribution in [0.3, 0.4) is 0 Å². The predicted octanol–water partition coefficient (Wildman–Crippen LogP) is 2.64. The molecule has 1 saturated carbocycles. The summed E-state index contributed by atoms with van der Waals surface area (Å²) in [5, 5.41) is 17.8. The first kappa shape index (κ1) is 17.8. The van der Waals surface area contributed by atoms with Crippen LogP contribution in [-0.4, -0.2) is 27.6 Å². The highest BCUT2D eigenvalue weighted by atomic mass is 16.6. The molecule has 1 heterocycles. The van der Waals surface area contributed by atoms with Gasteiger partial charge in [-0.15, -0.1) is 0 Å². The molecule has 2 aromatic rings. The number of carbonyl (C=O) groups is 1. The normalized spacial score (nSPS) is 16.0. The first-order valence-electron chi connectivity index (χ1n) is 8.48. The van der Waals surface area contributed by atoms with E-state index in [1.54, 1.807) is 13.0 Å². The van der Waals surface area contributed by atoms with Gasteiger partial charge in [0.25, 0.3) is 11.6 Å². The van der Waals surface area contributed by atoms with Gasteiger partial charge in [-0.3, -0.25) is 14.9 Å². The van der Waals surface area contributed by atoms with Crippen LogP contribution >= 0.6 is 0 Å². The third-order valence-electron chi connectivity index (χ3n) is 4.44. The van der Waals surface area contributed by atoms with Crippen molar-refractivity contribution < 1.29 is 19.0 Å². The SMILES string of the molecule is Cc1nc(C2(NC(=O)COc3cccc([N+](=O)[O-])c3)CCCCC2)no1. The number of nitro groups is 1. The van der Waals surface area contributed by atoms with E-state index in [-0.39, 0.29) is 24.0 Å². The largest absolute Gasteiger partial charge is 0.484 e. The van der Waals surface area contributed by atoms with Crippen molar-refractivity contribution in [1.82, 2.24) is 15.5 Å². The molecule has 1 amide bonds. The highest BCUT2D eigenvalue weighted by Gasteiger charge is 2.39. The summed E-state index contributed by atoms with van der Waals surface area (Å²) in [5.41, 5.74) is -0.743. The van der Waals surface area contributed by atoms with Crippen LogP contribution in [0.4, 0.5) is 5.69 Å². The molecule has 0 radical (unpaired) electrons. The molecule has 9 heteroatoms. The Hall–Kier alpha value is -2.97. The number of aromatic nitrogens is 2. The Morgan fingerprint density at radius 3 is 2.81 bits per heavy atom. The van der Waals surface area contributed by atoms with Gasteiger partial charge in [0, 0.05) is 13.0 Å². The van der Waals surface area contributed by atoms with Gasteiger partial charge in [-0.05, 0) is 18.9 Å². The van der Waals surface area contributed by atoms with Gasteiger partial charge in [-0.25, -0.2) is 0 Å². The van der Waals surface area contributed by atoms with Gasteiger partial charge in [-0.2, -0.15) is 4.98 Å². The van der Waals surface area contributed by atoms with E-state index in [0.29, 0.717) is 11.7 Å². The van der Waals surface area contributed by atoms with Crippen molar-refractivity contribution in [3.8, 4) is 5.75 Å². The van der Waals surface area contributed by atoms with Gasteiger partial charge >= 0.3 is 0 Å².